The first kappa shape index (κ1) is 23.9. The van der Waals surface area contributed by atoms with Gasteiger partial charge in [-0.3, -0.25) is 0 Å². The lowest BCUT2D eigenvalue weighted by Gasteiger charge is -2.09. The quantitative estimate of drug-likeness (QED) is 0.141. The molecule has 5 heteroatoms. The molecule has 0 aliphatic rings. The molecule has 0 aliphatic heterocycles. The van der Waals surface area contributed by atoms with Crippen molar-refractivity contribution in [1.82, 2.24) is 0 Å². The maximum atomic E-state index is 12.1. The van der Waals surface area contributed by atoms with Gasteiger partial charge in [0.25, 0.3) is 0 Å². The minimum Gasteiger partial charge on any atom is -0.494 e. The summed E-state index contributed by atoms with van der Waals surface area (Å²) in [6, 6.07) is 13.8. The SMILES string of the molecule is C=CCCCOc1ccc(/C=C/C(=O)Oc2ccc(C(=O)OC[C@@H](C)CC)cc2)cc1. The molecule has 0 bridgehead atoms. The number of hydrogen-bond donors (Lipinski definition) is 0. The highest BCUT2D eigenvalue weighted by atomic mass is 16.5. The van der Waals surface area contributed by atoms with Crippen molar-refractivity contribution in [2.45, 2.75) is 33.1 Å². The highest BCUT2D eigenvalue weighted by Gasteiger charge is 2.10. The van der Waals surface area contributed by atoms with Gasteiger partial charge in [0.15, 0.2) is 0 Å². The van der Waals surface area contributed by atoms with E-state index in [0.717, 1.165) is 30.6 Å². The maximum absolute atomic E-state index is 12.1. The number of carbonyl (C=O) groups excluding carboxylic acids is 2. The van der Waals surface area contributed by atoms with Crippen molar-refractivity contribution in [3.8, 4) is 11.5 Å². The Balaban J connectivity index is 1.81. The molecular weight excluding hydrogens is 392 g/mol. The number of unbranched alkanes of at least 4 members (excludes halogenated alkanes) is 1. The second-order valence-electron chi connectivity index (χ2n) is 7.24. The molecule has 0 unspecified atom stereocenters. The smallest absolute Gasteiger partial charge is 0.338 e. The van der Waals surface area contributed by atoms with Crippen molar-refractivity contribution in [2.24, 2.45) is 5.92 Å². The molecule has 2 rings (SSSR count). The third-order valence-electron chi connectivity index (χ3n) is 4.62. The van der Waals surface area contributed by atoms with Crippen LogP contribution in [0.2, 0.25) is 0 Å². The lowest BCUT2D eigenvalue weighted by atomic mass is 10.1. The maximum Gasteiger partial charge on any atom is 0.338 e. The largest absolute Gasteiger partial charge is 0.494 e. The second kappa shape index (κ2) is 13.1. The fraction of sp³-hybridized carbons (Fsp3) is 0.308. The Hall–Kier alpha value is -3.34. The van der Waals surface area contributed by atoms with Crippen LogP contribution in [0.15, 0.2) is 67.3 Å². The van der Waals surface area contributed by atoms with Crippen molar-refractivity contribution >= 4 is 18.0 Å². The standard InChI is InChI=1S/C26H30O5/c1-4-6-7-18-29-23-13-8-21(9-14-23)10-17-25(27)31-24-15-11-22(12-16-24)26(28)30-19-20(3)5-2/h4,8-17,20H,1,5-7,18-19H2,2-3H3/b17-10+/t20-/m0/s1. The van der Waals surface area contributed by atoms with Crippen molar-refractivity contribution in [2.75, 3.05) is 13.2 Å². The zero-order valence-corrected chi connectivity index (χ0v) is 18.2. The molecule has 31 heavy (non-hydrogen) atoms. The second-order valence-corrected chi connectivity index (χ2v) is 7.24. The van der Waals surface area contributed by atoms with Crippen molar-refractivity contribution < 1.29 is 23.8 Å². The summed E-state index contributed by atoms with van der Waals surface area (Å²) < 4.78 is 16.2. The zero-order chi connectivity index (χ0) is 22.5. The molecule has 5 nitrogen and oxygen atoms in total. The van der Waals surface area contributed by atoms with Gasteiger partial charge < -0.3 is 14.2 Å². The van der Waals surface area contributed by atoms with E-state index in [1.165, 1.54) is 6.08 Å². The van der Waals surface area contributed by atoms with Gasteiger partial charge in [0.1, 0.15) is 11.5 Å². The average molecular weight is 423 g/mol. The van der Waals surface area contributed by atoms with Crippen LogP contribution in [-0.2, 0) is 9.53 Å². The van der Waals surface area contributed by atoms with Gasteiger partial charge in [-0.1, -0.05) is 38.5 Å². The number of hydrogen-bond acceptors (Lipinski definition) is 5. The third kappa shape index (κ3) is 8.91. The number of esters is 2. The van der Waals surface area contributed by atoms with Crippen LogP contribution in [0.4, 0.5) is 0 Å². The lowest BCUT2D eigenvalue weighted by molar-refractivity contribution is -0.128. The van der Waals surface area contributed by atoms with Crippen LogP contribution in [0, 0.1) is 5.92 Å². The number of allylic oxidation sites excluding steroid dienone is 1. The summed E-state index contributed by atoms with van der Waals surface area (Å²) in [6.07, 6.45) is 7.70. The summed E-state index contributed by atoms with van der Waals surface area (Å²) in [7, 11) is 0. The molecule has 0 radical (unpaired) electrons. The van der Waals surface area contributed by atoms with Gasteiger partial charge in [-0.15, -0.1) is 6.58 Å². The normalized spacial score (nSPS) is 11.7. The fourth-order valence-corrected chi connectivity index (χ4v) is 2.49. The summed E-state index contributed by atoms with van der Waals surface area (Å²) in [5.74, 6) is 0.577. The van der Waals surface area contributed by atoms with E-state index in [1.807, 2.05) is 44.2 Å². The molecule has 0 heterocycles. The van der Waals surface area contributed by atoms with E-state index in [-0.39, 0.29) is 5.97 Å². The molecule has 2 aromatic carbocycles. The van der Waals surface area contributed by atoms with E-state index in [0.29, 0.717) is 30.4 Å². The molecule has 164 valence electrons. The van der Waals surface area contributed by atoms with Crippen molar-refractivity contribution in [3.63, 3.8) is 0 Å². The number of rotatable bonds is 12. The first-order chi connectivity index (χ1) is 15.0. The molecule has 0 N–H and O–H groups in total. The van der Waals surface area contributed by atoms with E-state index in [9.17, 15) is 9.59 Å². The summed E-state index contributed by atoms with van der Waals surface area (Å²) in [4.78, 5) is 24.1. The number of benzene rings is 2. The molecular formula is C26H30O5. The van der Waals surface area contributed by atoms with E-state index < -0.39 is 5.97 Å². The fourth-order valence-electron chi connectivity index (χ4n) is 2.49. The van der Waals surface area contributed by atoms with Crippen LogP contribution < -0.4 is 9.47 Å². The molecule has 0 fully saturated rings. The van der Waals surface area contributed by atoms with Gasteiger partial charge in [0, 0.05) is 6.08 Å². The predicted octanol–water partition coefficient (Wildman–Crippen LogP) is 5.85. The Bertz CT molecular complexity index is 866. The minimum absolute atomic E-state index is 0.321. The molecule has 2 aromatic rings. The predicted molar refractivity (Wildman–Crippen MR) is 122 cm³/mol. The van der Waals surface area contributed by atoms with Gasteiger partial charge in [-0.05, 0) is 66.8 Å². The van der Waals surface area contributed by atoms with Crippen LogP contribution in [0.3, 0.4) is 0 Å². The summed E-state index contributed by atoms with van der Waals surface area (Å²) in [5.41, 5.74) is 1.28. The Labute approximate surface area is 184 Å². The van der Waals surface area contributed by atoms with Gasteiger partial charge in [0.2, 0.25) is 0 Å². The summed E-state index contributed by atoms with van der Waals surface area (Å²) >= 11 is 0. The van der Waals surface area contributed by atoms with Crippen LogP contribution in [0.25, 0.3) is 6.08 Å². The Morgan fingerprint density at radius 3 is 2.35 bits per heavy atom. The van der Waals surface area contributed by atoms with Crippen LogP contribution in [0.5, 0.6) is 11.5 Å². The molecule has 0 saturated carbocycles. The molecule has 0 saturated heterocycles. The Morgan fingerprint density at radius 1 is 1.03 bits per heavy atom. The van der Waals surface area contributed by atoms with Crippen LogP contribution in [0.1, 0.15) is 49.0 Å². The van der Waals surface area contributed by atoms with Crippen molar-refractivity contribution in [1.29, 1.82) is 0 Å². The lowest BCUT2D eigenvalue weighted by Crippen LogP contribution is -2.11. The molecule has 0 aromatic heterocycles. The highest BCUT2D eigenvalue weighted by molar-refractivity contribution is 5.90. The first-order valence-corrected chi connectivity index (χ1v) is 10.5. The van der Waals surface area contributed by atoms with Crippen LogP contribution in [-0.4, -0.2) is 25.2 Å². The first-order valence-electron chi connectivity index (χ1n) is 10.5. The average Bonchev–Trinajstić information content (AvgIpc) is 2.80. The molecule has 1 atom stereocenters. The minimum atomic E-state index is -0.503. The van der Waals surface area contributed by atoms with E-state index in [2.05, 4.69) is 6.58 Å². The Kier molecular flexibility index (Phi) is 10.1. The number of ether oxygens (including phenoxy) is 3. The molecule has 0 amide bonds. The topological polar surface area (TPSA) is 61.8 Å². The molecule has 0 aliphatic carbocycles. The Morgan fingerprint density at radius 2 is 1.71 bits per heavy atom. The van der Waals surface area contributed by atoms with Crippen LogP contribution >= 0.6 is 0 Å². The molecule has 0 spiro atoms. The van der Waals surface area contributed by atoms with E-state index >= 15 is 0 Å². The van der Waals surface area contributed by atoms with E-state index in [4.69, 9.17) is 14.2 Å². The number of carbonyl (C=O) groups is 2. The van der Waals surface area contributed by atoms with Gasteiger partial charge >= 0.3 is 11.9 Å². The summed E-state index contributed by atoms with van der Waals surface area (Å²) in [6.45, 7) is 8.79. The van der Waals surface area contributed by atoms with Gasteiger partial charge in [0.05, 0.1) is 18.8 Å². The van der Waals surface area contributed by atoms with Gasteiger partial charge in [-0.25, -0.2) is 9.59 Å². The highest BCUT2D eigenvalue weighted by Crippen LogP contribution is 2.16. The summed E-state index contributed by atoms with van der Waals surface area (Å²) in [5, 5.41) is 0. The van der Waals surface area contributed by atoms with Crippen molar-refractivity contribution in [3.05, 3.63) is 78.4 Å². The zero-order valence-electron chi connectivity index (χ0n) is 18.2. The monoisotopic (exact) mass is 422 g/mol. The van der Waals surface area contributed by atoms with Gasteiger partial charge in [-0.2, -0.15) is 0 Å². The third-order valence-corrected chi connectivity index (χ3v) is 4.62. The van der Waals surface area contributed by atoms with E-state index in [1.54, 1.807) is 30.3 Å².